The van der Waals surface area contributed by atoms with Gasteiger partial charge in [0, 0.05) is 25.0 Å². The number of urea groups is 1. The highest BCUT2D eigenvalue weighted by Crippen LogP contribution is 2.29. The van der Waals surface area contributed by atoms with E-state index in [1.165, 1.54) is 28.5 Å². The Kier molecular flexibility index (Phi) is 6.37. The van der Waals surface area contributed by atoms with E-state index in [2.05, 4.69) is 20.8 Å². The molecule has 0 aliphatic rings. The van der Waals surface area contributed by atoms with Crippen LogP contribution in [0.2, 0.25) is 0 Å². The van der Waals surface area contributed by atoms with Crippen LogP contribution in [0.4, 0.5) is 14.9 Å². The molecule has 0 radical (unpaired) electrons. The summed E-state index contributed by atoms with van der Waals surface area (Å²) in [6, 6.07) is 5.83. The summed E-state index contributed by atoms with van der Waals surface area (Å²) in [7, 11) is 3.27. The summed E-state index contributed by atoms with van der Waals surface area (Å²) >= 11 is 1.35. The molecule has 0 spiro atoms. The number of nitrogens with zero attached hydrogens (tertiary/aromatic N) is 4. The minimum atomic E-state index is -0.319. The van der Waals surface area contributed by atoms with Gasteiger partial charge in [-0.2, -0.15) is 5.10 Å². The quantitative estimate of drug-likeness (QED) is 0.574. The van der Waals surface area contributed by atoms with Gasteiger partial charge in [-0.3, -0.25) is 9.69 Å². The van der Waals surface area contributed by atoms with Crippen molar-refractivity contribution in [1.82, 2.24) is 25.2 Å². The van der Waals surface area contributed by atoms with Gasteiger partial charge < -0.3 is 10.1 Å². The van der Waals surface area contributed by atoms with Crippen LogP contribution < -0.4 is 15.5 Å². The summed E-state index contributed by atoms with van der Waals surface area (Å²) in [5.41, 5.74) is 5.25. The van der Waals surface area contributed by atoms with Crippen molar-refractivity contribution in [2.75, 3.05) is 19.4 Å². The topological polar surface area (TPSA) is 84.3 Å². The lowest BCUT2D eigenvalue weighted by Gasteiger charge is -2.23. The molecule has 8 nitrogen and oxygen atoms in total. The molecule has 0 bridgehead atoms. The molecule has 0 saturated carbocycles. The maximum absolute atomic E-state index is 13.1. The van der Waals surface area contributed by atoms with Crippen molar-refractivity contribution in [3.8, 4) is 16.5 Å². The molecule has 160 valence electrons. The van der Waals surface area contributed by atoms with Crippen LogP contribution in [-0.4, -0.2) is 39.9 Å². The lowest BCUT2D eigenvalue weighted by atomic mass is 10.1. The first-order chi connectivity index (χ1) is 14.2. The van der Waals surface area contributed by atoms with Gasteiger partial charge >= 0.3 is 6.03 Å². The van der Waals surface area contributed by atoms with Crippen LogP contribution in [-0.2, 0) is 12.1 Å². The number of thiazole rings is 1. The fourth-order valence-electron chi connectivity index (χ4n) is 2.70. The molecule has 2 heterocycles. The third kappa shape index (κ3) is 4.95. The van der Waals surface area contributed by atoms with Crippen molar-refractivity contribution < 1.29 is 13.9 Å². The molecular weight excluding hydrogens is 407 g/mol. The predicted molar refractivity (Wildman–Crippen MR) is 115 cm³/mol. The minimum absolute atomic E-state index is 0.173. The molecule has 0 unspecified atom stereocenters. The summed E-state index contributed by atoms with van der Waals surface area (Å²) in [5.74, 6) is -0.292. The Morgan fingerprint density at radius 1 is 1.30 bits per heavy atom. The number of carbonyl (C=O) groups excluding carboxylic acids is 1. The Morgan fingerprint density at radius 3 is 2.63 bits per heavy atom. The molecule has 2 amide bonds. The fraction of sp³-hybridized carbons (Fsp3) is 0.350. The minimum Gasteiger partial charge on any atom is -0.463 e. The van der Waals surface area contributed by atoms with Crippen LogP contribution in [0.3, 0.4) is 0 Å². The molecule has 0 atom stereocenters. The van der Waals surface area contributed by atoms with Crippen molar-refractivity contribution in [3.05, 3.63) is 47.4 Å². The number of hydrogen-bond acceptors (Lipinski definition) is 6. The number of anilines is 1. The first-order valence-corrected chi connectivity index (χ1v) is 10.2. The van der Waals surface area contributed by atoms with Crippen molar-refractivity contribution in [1.29, 1.82) is 0 Å². The Labute approximate surface area is 178 Å². The highest BCUT2D eigenvalue weighted by molar-refractivity contribution is 7.11. The van der Waals surface area contributed by atoms with E-state index in [0.29, 0.717) is 16.6 Å². The molecule has 3 rings (SSSR count). The van der Waals surface area contributed by atoms with E-state index < -0.39 is 0 Å². The molecule has 2 N–H and O–H groups in total. The molecule has 0 aliphatic heterocycles. The second-order valence-corrected chi connectivity index (χ2v) is 8.42. The average Bonchev–Trinajstić information content (AvgIpc) is 3.33. The maximum Gasteiger partial charge on any atom is 0.335 e. The Bertz CT molecular complexity index is 1010. The molecule has 0 saturated heterocycles. The molecular formula is C20H25FN6O2S. The number of aromatic nitrogens is 3. The summed E-state index contributed by atoms with van der Waals surface area (Å²) in [5, 5.41) is 10.9. The van der Waals surface area contributed by atoms with Crippen LogP contribution in [0.5, 0.6) is 5.19 Å². The number of carbonyl (C=O) groups is 1. The van der Waals surface area contributed by atoms with E-state index in [1.54, 1.807) is 32.4 Å². The smallest absolute Gasteiger partial charge is 0.335 e. The number of ether oxygens (including phenoxy) is 1. The van der Waals surface area contributed by atoms with Gasteiger partial charge in [0.25, 0.3) is 5.19 Å². The third-order valence-corrected chi connectivity index (χ3v) is 5.09. The molecule has 10 heteroatoms. The van der Waals surface area contributed by atoms with Crippen LogP contribution in [0.1, 0.15) is 26.5 Å². The summed E-state index contributed by atoms with van der Waals surface area (Å²) in [6.45, 7) is 6.23. The number of hydrazine groups is 1. The fourth-order valence-corrected chi connectivity index (χ4v) is 3.38. The van der Waals surface area contributed by atoms with E-state index in [-0.39, 0.29) is 24.0 Å². The molecule has 2 aromatic heterocycles. The van der Waals surface area contributed by atoms with E-state index in [9.17, 15) is 9.18 Å². The van der Waals surface area contributed by atoms with Crippen LogP contribution >= 0.6 is 11.3 Å². The molecule has 0 fully saturated rings. The van der Waals surface area contributed by atoms with Gasteiger partial charge in [-0.25, -0.2) is 19.6 Å². The van der Waals surface area contributed by atoms with Gasteiger partial charge in [0.05, 0.1) is 23.1 Å². The van der Waals surface area contributed by atoms with Crippen LogP contribution in [0.15, 0.2) is 35.8 Å². The average molecular weight is 433 g/mol. The normalized spacial score (nSPS) is 11.4. The molecule has 30 heavy (non-hydrogen) atoms. The SMILES string of the molecule is CNN(C)C(=O)Nc1cnn(C(C)(C)C)c1COc1nc(-c2ccc(F)cc2)cs1. The maximum atomic E-state index is 13.1. The number of amides is 2. The van der Waals surface area contributed by atoms with Crippen molar-refractivity contribution in [3.63, 3.8) is 0 Å². The van der Waals surface area contributed by atoms with Crippen molar-refractivity contribution in [2.24, 2.45) is 0 Å². The van der Waals surface area contributed by atoms with Gasteiger partial charge in [-0.1, -0.05) is 11.3 Å². The van der Waals surface area contributed by atoms with E-state index in [1.807, 2.05) is 30.8 Å². The van der Waals surface area contributed by atoms with Crippen molar-refractivity contribution >= 4 is 23.1 Å². The largest absolute Gasteiger partial charge is 0.463 e. The molecule has 1 aromatic carbocycles. The first-order valence-electron chi connectivity index (χ1n) is 9.33. The number of nitrogens with one attached hydrogen (secondary N) is 2. The number of hydrogen-bond donors (Lipinski definition) is 2. The second-order valence-electron chi connectivity index (χ2n) is 7.59. The summed E-state index contributed by atoms with van der Waals surface area (Å²) < 4.78 is 20.9. The van der Waals surface area contributed by atoms with Gasteiger partial charge in [0.1, 0.15) is 18.1 Å². The zero-order chi connectivity index (χ0) is 21.9. The zero-order valence-corrected chi connectivity index (χ0v) is 18.4. The summed E-state index contributed by atoms with van der Waals surface area (Å²) in [4.78, 5) is 16.7. The Balaban J connectivity index is 1.79. The van der Waals surface area contributed by atoms with E-state index >= 15 is 0 Å². The highest BCUT2D eigenvalue weighted by atomic mass is 32.1. The van der Waals surface area contributed by atoms with E-state index in [0.717, 1.165) is 11.3 Å². The number of rotatable bonds is 6. The zero-order valence-electron chi connectivity index (χ0n) is 17.6. The van der Waals surface area contributed by atoms with Gasteiger partial charge in [-0.15, -0.1) is 0 Å². The van der Waals surface area contributed by atoms with Gasteiger partial charge in [0.2, 0.25) is 0 Å². The Hall–Kier alpha value is -2.98. The highest BCUT2D eigenvalue weighted by Gasteiger charge is 2.23. The number of halogens is 1. The monoisotopic (exact) mass is 432 g/mol. The standard InChI is InChI=1S/C20H25FN6O2S/c1-20(2,3)27-17(15(10-23-27)24-18(28)26(5)22-4)11-29-19-25-16(12-30-19)13-6-8-14(21)9-7-13/h6-10,12,22H,11H2,1-5H3,(H,24,28). The van der Waals surface area contributed by atoms with Gasteiger partial charge in [0.15, 0.2) is 0 Å². The van der Waals surface area contributed by atoms with Crippen LogP contribution in [0.25, 0.3) is 11.3 Å². The summed E-state index contributed by atoms with van der Waals surface area (Å²) in [6.07, 6.45) is 1.61. The number of benzene rings is 1. The van der Waals surface area contributed by atoms with E-state index in [4.69, 9.17) is 4.74 Å². The van der Waals surface area contributed by atoms with Crippen molar-refractivity contribution in [2.45, 2.75) is 32.9 Å². The lowest BCUT2D eigenvalue weighted by molar-refractivity contribution is 0.207. The molecule has 0 aliphatic carbocycles. The van der Waals surface area contributed by atoms with Gasteiger partial charge in [-0.05, 0) is 45.0 Å². The second kappa shape index (κ2) is 8.80. The lowest BCUT2D eigenvalue weighted by Crippen LogP contribution is -2.40. The third-order valence-electron chi connectivity index (χ3n) is 4.34. The Morgan fingerprint density at radius 2 is 2.00 bits per heavy atom. The van der Waals surface area contributed by atoms with Crippen LogP contribution in [0, 0.1) is 5.82 Å². The molecule has 3 aromatic rings. The first kappa shape index (κ1) is 21.7. The predicted octanol–water partition coefficient (Wildman–Crippen LogP) is 4.08.